The van der Waals surface area contributed by atoms with Crippen LogP contribution < -0.4 is 14.4 Å². The number of hydrogen-bond acceptors (Lipinski definition) is 8. The highest BCUT2D eigenvalue weighted by Gasteiger charge is 2.45. The molecule has 2 N–H and O–H groups in total. The number of aromatic nitrogens is 3. The van der Waals surface area contributed by atoms with Crippen molar-refractivity contribution < 1.29 is 27.0 Å². The Bertz CT molecular complexity index is 1180. The molecular weight excluding hydrogens is 432 g/mol. The highest BCUT2D eigenvalue weighted by atomic mass is 32.2. The van der Waals surface area contributed by atoms with Gasteiger partial charge in [0.1, 0.15) is 29.8 Å². The van der Waals surface area contributed by atoms with Crippen molar-refractivity contribution in [3.05, 3.63) is 29.2 Å². The molecule has 0 amide bonds. The zero-order valence-electron chi connectivity index (χ0n) is 16.8. The van der Waals surface area contributed by atoms with Gasteiger partial charge in [0.05, 0.1) is 24.1 Å². The Kier molecular flexibility index (Phi) is 4.47. The number of β-amino-alcohol motifs (C(OH)–C–C–N with tert-alkyl or cyclic N) is 1. The average Bonchev–Trinajstić information content (AvgIpc) is 3.24. The molecule has 31 heavy (non-hydrogen) atoms. The standard InChI is InChI=1S/C19H21F2N5O4S/c1-9-13(27)7-26(9)18-23-15(11-3-4-19(20,21)17(11)24-18)10-5-14-16(22-6-10)12(8-30-14)25-31(2,28)29/h5-6,9,12-13,25,27H,3-4,7-8H2,1-2H3/t9-,12+,13+/m0/s1. The van der Waals surface area contributed by atoms with Crippen LogP contribution in [0.25, 0.3) is 11.3 Å². The molecule has 3 atom stereocenters. The number of fused-ring (bicyclic) bond motifs is 2. The molecule has 5 rings (SSSR count). The van der Waals surface area contributed by atoms with Gasteiger partial charge in [-0.2, -0.15) is 8.78 Å². The van der Waals surface area contributed by atoms with E-state index in [9.17, 15) is 22.3 Å². The maximum atomic E-state index is 14.5. The van der Waals surface area contributed by atoms with E-state index < -0.39 is 28.1 Å². The minimum absolute atomic E-state index is 0.0905. The first-order valence-corrected chi connectivity index (χ1v) is 11.8. The summed E-state index contributed by atoms with van der Waals surface area (Å²) in [6, 6.07) is 0.757. The topological polar surface area (TPSA) is 118 Å². The number of ether oxygens (including phenoxy) is 1. The van der Waals surface area contributed by atoms with Gasteiger partial charge in [-0.05, 0) is 19.4 Å². The van der Waals surface area contributed by atoms with Gasteiger partial charge in [0.25, 0.3) is 5.92 Å². The lowest BCUT2D eigenvalue weighted by atomic mass is 10.0. The predicted octanol–water partition coefficient (Wildman–Crippen LogP) is 1.13. The Morgan fingerprint density at radius 1 is 1.35 bits per heavy atom. The quantitative estimate of drug-likeness (QED) is 0.708. The molecule has 0 bridgehead atoms. The molecule has 0 saturated carbocycles. The van der Waals surface area contributed by atoms with Gasteiger partial charge in [0.15, 0.2) is 0 Å². The number of nitrogens with one attached hydrogen (secondary N) is 1. The number of anilines is 1. The molecule has 0 aromatic carbocycles. The third kappa shape index (κ3) is 3.42. The van der Waals surface area contributed by atoms with E-state index in [-0.39, 0.29) is 43.7 Å². The van der Waals surface area contributed by atoms with Crippen LogP contribution in [0, 0.1) is 0 Å². The summed E-state index contributed by atoms with van der Waals surface area (Å²) >= 11 is 0. The number of halogens is 2. The van der Waals surface area contributed by atoms with Crippen LogP contribution >= 0.6 is 0 Å². The van der Waals surface area contributed by atoms with E-state index in [0.717, 1.165) is 6.26 Å². The van der Waals surface area contributed by atoms with Crippen molar-refractivity contribution in [2.75, 3.05) is 24.3 Å². The molecule has 4 heterocycles. The summed E-state index contributed by atoms with van der Waals surface area (Å²) in [5.41, 5.74) is 1.35. The summed E-state index contributed by atoms with van der Waals surface area (Å²) in [6.45, 7) is 2.14. The van der Waals surface area contributed by atoms with Crippen molar-refractivity contribution in [1.29, 1.82) is 0 Å². The number of pyridine rings is 1. The number of alkyl halides is 2. The highest BCUT2D eigenvalue weighted by Crippen LogP contribution is 2.45. The van der Waals surface area contributed by atoms with E-state index in [1.807, 2.05) is 0 Å². The summed E-state index contributed by atoms with van der Waals surface area (Å²) in [6.07, 6.45) is 1.77. The van der Waals surface area contributed by atoms with E-state index in [4.69, 9.17) is 4.74 Å². The van der Waals surface area contributed by atoms with Gasteiger partial charge >= 0.3 is 0 Å². The first-order valence-electron chi connectivity index (χ1n) is 9.88. The second-order valence-electron chi connectivity index (χ2n) is 8.23. The van der Waals surface area contributed by atoms with Crippen LogP contribution in [0.4, 0.5) is 14.7 Å². The molecule has 3 aliphatic rings. The molecule has 1 fully saturated rings. The Hall–Kier alpha value is -2.44. The minimum atomic E-state index is -3.45. The SMILES string of the molecule is C[C@H]1[C@H](O)CN1c1nc(-c2cnc3c(c2)OC[C@H]3NS(C)(=O)=O)c2c(n1)C(F)(F)CC2. The Morgan fingerprint density at radius 3 is 2.81 bits per heavy atom. The summed E-state index contributed by atoms with van der Waals surface area (Å²) in [5.74, 6) is -2.53. The average molecular weight is 453 g/mol. The zero-order chi connectivity index (χ0) is 22.1. The fourth-order valence-electron chi connectivity index (χ4n) is 4.20. The summed E-state index contributed by atoms with van der Waals surface area (Å²) in [4.78, 5) is 14.7. The van der Waals surface area contributed by atoms with Crippen molar-refractivity contribution >= 4 is 16.0 Å². The van der Waals surface area contributed by atoms with Crippen LogP contribution in [-0.2, 0) is 22.4 Å². The van der Waals surface area contributed by atoms with Crippen molar-refractivity contribution in [3.8, 4) is 17.0 Å². The molecule has 1 aliphatic carbocycles. The number of nitrogens with zero attached hydrogens (tertiary/aromatic N) is 4. The van der Waals surface area contributed by atoms with E-state index in [0.29, 0.717) is 28.3 Å². The Balaban J connectivity index is 1.57. The predicted molar refractivity (Wildman–Crippen MR) is 107 cm³/mol. The van der Waals surface area contributed by atoms with Gasteiger partial charge in [-0.3, -0.25) is 4.98 Å². The normalized spacial score (nSPS) is 26.2. The lowest BCUT2D eigenvalue weighted by Gasteiger charge is -2.43. The maximum Gasteiger partial charge on any atom is 0.290 e. The summed E-state index contributed by atoms with van der Waals surface area (Å²) in [7, 11) is -3.45. The Morgan fingerprint density at radius 2 is 2.13 bits per heavy atom. The number of hydrogen-bond donors (Lipinski definition) is 2. The smallest absolute Gasteiger partial charge is 0.290 e. The van der Waals surface area contributed by atoms with Gasteiger partial charge < -0.3 is 14.7 Å². The third-order valence-corrected chi connectivity index (χ3v) is 6.68. The highest BCUT2D eigenvalue weighted by molar-refractivity contribution is 7.88. The molecule has 0 radical (unpaired) electrons. The van der Waals surface area contributed by atoms with Crippen molar-refractivity contribution in [2.24, 2.45) is 0 Å². The van der Waals surface area contributed by atoms with Gasteiger partial charge in [0.2, 0.25) is 16.0 Å². The molecule has 0 unspecified atom stereocenters. The van der Waals surface area contributed by atoms with Crippen LogP contribution in [-0.4, -0.2) is 60.0 Å². The lowest BCUT2D eigenvalue weighted by molar-refractivity contribution is -0.00603. The molecule has 166 valence electrons. The van der Waals surface area contributed by atoms with E-state index in [2.05, 4.69) is 19.7 Å². The molecule has 0 spiro atoms. The second-order valence-corrected chi connectivity index (χ2v) is 10.0. The molecule has 12 heteroatoms. The molecule has 2 aromatic rings. The number of aliphatic hydroxyl groups excluding tert-OH is 1. The molecule has 2 aromatic heterocycles. The molecule has 9 nitrogen and oxygen atoms in total. The summed E-state index contributed by atoms with van der Waals surface area (Å²) < 4.78 is 60.2. The van der Waals surface area contributed by atoms with Gasteiger partial charge in [0, 0.05) is 30.3 Å². The molecule has 2 aliphatic heterocycles. The molecular formula is C19H21F2N5O4S. The molecule has 1 saturated heterocycles. The largest absolute Gasteiger partial charge is 0.489 e. The van der Waals surface area contributed by atoms with Gasteiger partial charge in [-0.1, -0.05) is 0 Å². The summed E-state index contributed by atoms with van der Waals surface area (Å²) in [5, 5.41) is 9.82. The number of sulfonamides is 1. The van der Waals surface area contributed by atoms with Crippen LogP contribution in [0.1, 0.15) is 36.3 Å². The third-order valence-electron chi connectivity index (χ3n) is 5.97. The fourth-order valence-corrected chi connectivity index (χ4v) is 4.89. The second kappa shape index (κ2) is 6.78. The van der Waals surface area contributed by atoms with Crippen LogP contribution in [0.3, 0.4) is 0 Å². The van der Waals surface area contributed by atoms with Crippen LogP contribution in [0.15, 0.2) is 12.3 Å². The fraction of sp³-hybridized carbons (Fsp3) is 0.526. The van der Waals surface area contributed by atoms with E-state index in [1.165, 1.54) is 6.20 Å². The van der Waals surface area contributed by atoms with Crippen molar-refractivity contribution in [3.63, 3.8) is 0 Å². The zero-order valence-corrected chi connectivity index (χ0v) is 17.7. The maximum absolute atomic E-state index is 14.5. The minimum Gasteiger partial charge on any atom is -0.489 e. The van der Waals surface area contributed by atoms with Gasteiger partial charge in [-0.15, -0.1) is 0 Å². The monoisotopic (exact) mass is 453 g/mol. The van der Waals surface area contributed by atoms with E-state index >= 15 is 0 Å². The first-order chi connectivity index (χ1) is 14.5. The van der Waals surface area contributed by atoms with Crippen LogP contribution in [0.2, 0.25) is 0 Å². The Labute approximate surface area is 177 Å². The van der Waals surface area contributed by atoms with Crippen molar-refractivity contribution in [1.82, 2.24) is 19.7 Å². The number of aliphatic hydroxyl groups is 1. The van der Waals surface area contributed by atoms with Crippen molar-refractivity contribution in [2.45, 2.75) is 43.9 Å². The first kappa shape index (κ1) is 20.5. The number of rotatable bonds is 4. The lowest BCUT2D eigenvalue weighted by Crippen LogP contribution is -2.59. The van der Waals surface area contributed by atoms with E-state index in [1.54, 1.807) is 17.9 Å². The van der Waals surface area contributed by atoms with Crippen LogP contribution in [0.5, 0.6) is 5.75 Å². The van der Waals surface area contributed by atoms with Gasteiger partial charge in [-0.25, -0.2) is 23.1 Å².